The second-order valence-electron chi connectivity index (χ2n) is 6.42. The zero-order chi connectivity index (χ0) is 14.5. The van der Waals surface area contributed by atoms with Crippen molar-refractivity contribution in [2.45, 2.75) is 57.4 Å². The van der Waals surface area contributed by atoms with Gasteiger partial charge in [0.25, 0.3) is 0 Å². The minimum absolute atomic E-state index is 0.119. The topological polar surface area (TPSA) is 89.4 Å². The molecule has 1 aliphatic carbocycles. The van der Waals surface area contributed by atoms with Crippen molar-refractivity contribution in [3.05, 3.63) is 0 Å². The molecule has 3 unspecified atom stereocenters. The molecule has 1 saturated carbocycles. The first-order valence-electron chi connectivity index (χ1n) is 7.89. The van der Waals surface area contributed by atoms with Gasteiger partial charge in [0, 0.05) is 31.5 Å². The van der Waals surface area contributed by atoms with Crippen LogP contribution >= 0.6 is 0 Å². The van der Waals surface area contributed by atoms with Crippen LogP contribution in [0.3, 0.4) is 0 Å². The number of nitrogens with zero attached hydrogens (tertiary/aromatic N) is 1. The van der Waals surface area contributed by atoms with Crippen LogP contribution in [0.15, 0.2) is 0 Å². The lowest BCUT2D eigenvalue weighted by atomic mass is 9.84. The third-order valence-electron chi connectivity index (χ3n) is 4.69. The summed E-state index contributed by atoms with van der Waals surface area (Å²) >= 11 is 0. The number of amides is 2. The Balaban J connectivity index is 1.84. The first-order valence-corrected chi connectivity index (χ1v) is 7.89. The van der Waals surface area contributed by atoms with Crippen molar-refractivity contribution in [2.75, 3.05) is 13.1 Å². The second kappa shape index (κ2) is 7.07. The molecule has 1 aliphatic heterocycles. The van der Waals surface area contributed by atoms with Crippen molar-refractivity contribution in [3.8, 4) is 0 Å². The van der Waals surface area contributed by atoms with Gasteiger partial charge in [-0.2, -0.15) is 0 Å². The van der Waals surface area contributed by atoms with E-state index in [0.717, 1.165) is 58.0 Å². The number of hydrogen-bond donors (Lipinski definition) is 2. The van der Waals surface area contributed by atoms with Crippen molar-refractivity contribution in [1.29, 1.82) is 0 Å². The minimum Gasteiger partial charge on any atom is -0.370 e. The molecule has 5 heteroatoms. The second-order valence-corrected chi connectivity index (χ2v) is 6.42. The van der Waals surface area contributed by atoms with E-state index in [1.807, 2.05) is 4.90 Å². The summed E-state index contributed by atoms with van der Waals surface area (Å²) in [6.45, 7) is 1.65. The normalized spacial score (nSPS) is 31.1. The van der Waals surface area contributed by atoms with Gasteiger partial charge in [0.15, 0.2) is 0 Å². The fourth-order valence-electron chi connectivity index (χ4n) is 3.56. The van der Waals surface area contributed by atoms with E-state index in [2.05, 4.69) is 0 Å². The molecule has 1 heterocycles. The molecule has 0 bridgehead atoms. The van der Waals surface area contributed by atoms with Gasteiger partial charge in [0.1, 0.15) is 0 Å². The molecule has 2 amide bonds. The van der Waals surface area contributed by atoms with E-state index in [1.165, 1.54) is 0 Å². The number of carbonyl (C=O) groups is 2. The van der Waals surface area contributed by atoms with Crippen LogP contribution in [0.25, 0.3) is 0 Å². The van der Waals surface area contributed by atoms with Gasteiger partial charge < -0.3 is 16.4 Å². The first-order chi connectivity index (χ1) is 9.56. The van der Waals surface area contributed by atoms with Crippen LogP contribution in [0.1, 0.15) is 51.4 Å². The quantitative estimate of drug-likeness (QED) is 0.806. The summed E-state index contributed by atoms with van der Waals surface area (Å²) in [7, 11) is 0. The number of likely N-dealkylation sites (tertiary alicyclic amines) is 1. The SMILES string of the molecule is NC(=O)CCC1CCCN(C(=O)C2CCCC(N)C2)C1. The number of nitrogens with two attached hydrogens (primary N) is 2. The number of hydrogen-bond acceptors (Lipinski definition) is 3. The van der Waals surface area contributed by atoms with E-state index in [4.69, 9.17) is 11.5 Å². The van der Waals surface area contributed by atoms with Crippen LogP contribution < -0.4 is 11.5 Å². The molecule has 2 fully saturated rings. The van der Waals surface area contributed by atoms with Crippen LogP contribution in [0.5, 0.6) is 0 Å². The van der Waals surface area contributed by atoms with Crippen LogP contribution in [0, 0.1) is 11.8 Å². The summed E-state index contributed by atoms with van der Waals surface area (Å²) < 4.78 is 0. The average Bonchev–Trinajstić information content (AvgIpc) is 2.44. The van der Waals surface area contributed by atoms with Gasteiger partial charge in [-0.3, -0.25) is 9.59 Å². The first kappa shape index (κ1) is 15.3. The van der Waals surface area contributed by atoms with Crippen LogP contribution in [0.4, 0.5) is 0 Å². The number of piperidine rings is 1. The van der Waals surface area contributed by atoms with Crippen molar-refractivity contribution >= 4 is 11.8 Å². The van der Waals surface area contributed by atoms with Gasteiger partial charge in [-0.1, -0.05) is 6.42 Å². The summed E-state index contributed by atoms with van der Waals surface area (Å²) in [5, 5.41) is 0. The molecular weight excluding hydrogens is 254 g/mol. The van der Waals surface area contributed by atoms with E-state index in [0.29, 0.717) is 12.3 Å². The highest BCUT2D eigenvalue weighted by atomic mass is 16.2. The third kappa shape index (κ3) is 4.20. The smallest absolute Gasteiger partial charge is 0.225 e. The molecule has 114 valence electrons. The maximum atomic E-state index is 12.6. The molecular formula is C15H27N3O2. The van der Waals surface area contributed by atoms with E-state index < -0.39 is 0 Å². The molecule has 2 rings (SSSR count). The highest BCUT2D eigenvalue weighted by Gasteiger charge is 2.31. The molecule has 0 aromatic rings. The van der Waals surface area contributed by atoms with Crippen molar-refractivity contribution in [1.82, 2.24) is 4.90 Å². The molecule has 1 saturated heterocycles. The van der Waals surface area contributed by atoms with E-state index in [1.54, 1.807) is 0 Å². The standard InChI is InChI=1S/C15H27N3O2/c16-13-5-1-4-12(9-13)15(20)18-8-2-3-11(10-18)6-7-14(17)19/h11-13H,1-10,16H2,(H2,17,19). The summed E-state index contributed by atoms with van der Waals surface area (Å²) in [6, 6.07) is 0.188. The van der Waals surface area contributed by atoms with Crippen molar-refractivity contribution < 1.29 is 9.59 Å². The maximum absolute atomic E-state index is 12.6. The zero-order valence-electron chi connectivity index (χ0n) is 12.2. The predicted octanol–water partition coefficient (Wildman–Crippen LogP) is 1.01. The lowest BCUT2D eigenvalue weighted by Crippen LogP contribution is -2.45. The average molecular weight is 281 g/mol. The predicted molar refractivity (Wildman–Crippen MR) is 77.7 cm³/mol. The Bertz CT molecular complexity index is 359. The summed E-state index contributed by atoms with van der Waals surface area (Å²) in [4.78, 5) is 25.4. The number of primary amides is 1. The fourth-order valence-corrected chi connectivity index (χ4v) is 3.56. The van der Waals surface area contributed by atoms with Gasteiger partial charge in [-0.15, -0.1) is 0 Å². The Morgan fingerprint density at radius 1 is 1.15 bits per heavy atom. The molecule has 2 aliphatic rings. The largest absolute Gasteiger partial charge is 0.370 e. The van der Waals surface area contributed by atoms with Crippen molar-refractivity contribution in [3.63, 3.8) is 0 Å². The van der Waals surface area contributed by atoms with E-state index in [9.17, 15) is 9.59 Å². The minimum atomic E-state index is -0.244. The third-order valence-corrected chi connectivity index (χ3v) is 4.69. The molecule has 0 aromatic carbocycles. The molecule has 0 spiro atoms. The lowest BCUT2D eigenvalue weighted by Gasteiger charge is -2.36. The highest BCUT2D eigenvalue weighted by Crippen LogP contribution is 2.28. The highest BCUT2D eigenvalue weighted by molar-refractivity contribution is 5.79. The fraction of sp³-hybridized carbons (Fsp3) is 0.867. The Morgan fingerprint density at radius 3 is 2.65 bits per heavy atom. The molecule has 20 heavy (non-hydrogen) atoms. The van der Waals surface area contributed by atoms with Crippen LogP contribution in [-0.4, -0.2) is 35.8 Å². The van der Waals surface area contributed by atoms with Gasteiger partial charge in [-0.25, -0.2) is 0 Å². The lowest BCUT2D eigenvalue weighted by molar-refractivity contribution is -0.138. The molecule has 0 radical (unpaired) electrons. The van der Waals surface area contributed by atoms with Gasteiger partial charge in [0.2, 0.25) is 11.8 Å². The summed E-state index contributed by atoms with van der Waals surface area (Å²) in [6.07, 6.45) is 7.30. The van der Waals surface area contributed by atoms with E-state index >= 15 is 0 Å². The molecule has 4 N–H and O–H groups in total. The monoisotopic (exact) mass is 281 g/mol. The van der Waals surface area contributed by atoms with Gasteiger partial charge >= 0.3 is 0 Å². The number of rotatable bonds is 4. The van der Waals surface area contributed by atoms with Crippen molar-refractivity contribution in [2.24, 2.45) is 23.3 Å². The molecule has 3 atom stereocenters. The van der Waals surface area contributed by atoms with Gasteiger partial charge in [0.05, 0.1) is 0 Å². The molecule has 5 nitrogen and oxygen atoms in total. The summed E-state index contributed by atoms with van der Waals surface area (Å²) in [5.74, 6) is 0.585. The Labute approximate surface area is 121 Å². The maximum Gasteiger partial charge on any atom is 0.225 e. The van der Waals surface area contributed by atoms with Crippen LogP contribution in [-0.2, 0) is 9.59 Å². The number of carbonyl (C=O) groups excluding carboxylic acids is 2. The zero-order valence-corrected chi connectivity index (χ0v) is 12.2. The Hall–Kier alpha value is -1.10. The van der Waals surface area contributed by atoms with Crippen LogP contribution in [0.2, 0.25) is 0 Å². The molecule has 0 aromatic heterocycles. The Kier molecular flexibility index (Phi) is 5.40. The summed E-state index contributed by atoms with van der Waals surface area (Å²) in [5.41, 5.74) is 11.2. The van der Waals surface area contributed by atoms with Gasteiger partial charge in [-0.05, 0) is 44.4 Å². The Morgan fingerprint density at radius 2 is 1.95 bits per heavy atom. The van der Waals surface area contributed by atoms with E-state index in [-0.39, 0.29) is 23.8 Å².